The number of fused-ring (bicyclic) bond motifs is 1. The highest BCUT2D eigenvalue weighted by molar-refractivity contribution is 7.13. The molecule has 0 radical (unpaired) electrons. The molecule has 0 unspecified atom stereocenters. The topological polar surface area (TPSA) is 75.2 Å². The Morgan fingerprint density at radius 3 is 2.68 bits per heavy atom. The molecule has 3 rings (SSSR count). The van der Waals surface area contributed by atoms with Crippen molar-refractivity contribution >= 4 is 28.8 Å². The van der Waals surface area contributed by atoms with E-state index in [4.69, 9.17) is 0 Å². The third kappa shape index (κ3) is 3.14. The van der Waals surface area contributed by atoms with Gasteiger partial charge < -0.3 is 10.2 Å². The molecule has 1 N–H and O–H groups in total. The van der Waals surface area contributed by atoms with Crippen molar-refractivity contribution in [2.45, 2.75) is 19.8 Å². The van der Waals surface area contributed by atoms with Crippen molar-refractivity contribution in [2.24, 2.45) is 0 Å². The summed E-state index contributed by atoms with van der Waals surface area (Å²) in [5.74, 6) is -0.112. The first-order valence-electron chi connectivity index (χ1n) is 7.09. The smallest absolute Gasteiger partial charge is 0.284 e. The fourth-order valence-electron chi connectivity index (χ4n) is 2.39. The van der Waals surface area contributed by atoms with Gasteiger partial charge in [0.15, 0.2) is 5.01 Å². The van der Waals surface area contributed by atoms with E-state index in [1.807, 2.05) is 4.90 Å². The van der Waals surface area contributed by atoms with Crippen molar-refractivity contribution in [3.05, 3.63) is 40.1 Å². The molecular formula is C15H16N4O2S. The number of hydrogen-bond donors (Lipinski definition) is 1. The van der Waals surface area contributed by atoms with Crippen LogP contribution in [-0.4, -0.2) is 39.8 Å². The van der Waals surface area contributed by atoms with E-state index < -0.39 is 0 Å². The van der Waals surface area contributed by atoms with E-state index >= 15 is 0 Å². The second kappa shape index (κ2) is 6.23. The van der Waals surface area contributed by atoms with Crippen molar-refractivity contribution in [3.63, 3.8) is 0 Å². The van der Waals surface area contributed by atoms with Crippen molar-refractivity contribution in [2.75, 3.05) is 18.4 Å². The van der Waals surface area contributed by atoms with Crippen LogP contribution in [0, 0.1) is 0 Å². The number of nitrogens with one attached hydrogen (secondary N) is 1. The number of amides is 2. The van der Waals surface area contributed by atoms with Crippen molar-refractivity contribution < 1.29 is 9.59 Å². The Morgan fingerprint density at radius 2 is 1.95 bits per heavy atom. The molecule has 0 atom stereocenters. The van der Waals surface area contributed by atoms with Gasteiger partial charge in [0.2, 0.25) is 5.91 Å². The maximum Gasteiger partial charge on any atom is 0.284 e. The van der Waals surface area contributed by atoms with Crippen LogP contribution < -0.4 is 5.32 Å². The van der Waals surface area contributed by atoms with E-state index in [9.17, 15) is 9.59 Å². The third-order valence-corrected chi connectivity index (χ3v) is 4.74. The predicted octanol–water partition coefficient (Wildman–Crippen LogP) is 1.74. The highest BCUT2D eigenvalue weighted by atomic mass is 32.1. The number of aromatic nitrogens is 2. The average molecular weight is 316 g/mol. The summed E-state index contributed by atoms with van der Waals surface area (Å²) < 4.78 is 0. The minimum atomic E-state index is -0.201. The standard InChI is InChI=1S/C15H16N4O2S/c1-10(20)19-8-4-12-13(5-9-19)22-15(18-12)14(21)17-11-2-6-16-7-3-11/h2-3,6-7H,4-5,8-9H2,1H3,(H,16,17,21). The lowest BCUT2D eigenvalue weighted by atomic mass is 10.2. The maximum atomic E-state index is 12.2. The van der Waals surface area contributed by atoms with Crippen LogP contribution in [0.3, 0.4) is 0 Å². The highest BCUT2D eigenvalue weighted by Crippen LogP contribution is 2.23. The Labute approximate surface area is 132 Å². The molecule has 0 spiro atoms. The summed E-state index contributed by atoms with van der Waals surface area (Å²) in [6.45, 7) is 2.94. The molecule has 1 aliphatic rings. The van der Waals surface area contributed by atoms with Crippen LogP contribution in [0.5, 0.6) is 0 Å². The lowest BCUT2D eigenvalue weighted by Crippen LogP contribution is -2.31. The average Bonchev–Trinajstić information content (AvgIpc) is 2.81. The van der Waals surface area contributed by atoms with E-state index in [2.05, 4.69) is 15.3 Å². The Balaban J connectivity index is 1.72. The van der Waals surface area contributed by atoms with Gasteiger partial charge in [0.05, 0.1) is 5.69 Å². The molecule has 2 aromatic rings. The van der Waals surface area contributed by atoms with Crippen LogP contribution >= 0.6 is 11.3 Å². The second-order valence-electron chi connectivity index (χ2n) is 5.08. The Hall–Kier alpha value is -2.28. The summed E-state index contributed by atoms with van der Waals surface area (Å²) in [6, 6.07) is 3.47. The van der Waals surface area contributed by atoms with E-state index in [1.165, 1.54) is 11.3 Å². The molecule has 0 saturated carbocycles. The van der Waals surface area contributed by atoms with Crippen LogP contribution in [0.4, 0.5) is 5.69 Å². The monoisotopic (exact) mass is 316 g/mol. The first-order valence-corrected chi connectivity index (χ1v) is 7.90. The summed E-state index contributed by atoms with van der Waals surface area (Å²) in [4.78, 5) is 35.0. The third-order valence-electron chi connectivity index (χ3n) is 3.58. The number of carbonyl (C=O) groups excluding carboxylic acids is 2. The summed E-state index contributed by atoms with van der Waals surface area (Å²) in [5, 5.41) is 3.28. The summed E-state index contributed by atoms with van der Waals surface area (Å²) in [7, 11) is 0. The zero-order chi connectivity index (χ0) is 15.5. The molecule has 2 amide bonds. The van der Waals surface area contributed by atoms with Crippen molar-refractivity contribution in [1.82, 2.24) is 14.9 Å². The van der Waals surface area contributed by atoms with Gasteiger partial charge in [-0.05, 0) is 12.1 Å². The van der Waals surface area contributed by atoms with E-state index in [-0.39, 0.29) is 11.8 Å². The number of thiazole rings is 1. The number of nitrogens with zero attached hydrogens (tertiary/aromatic N) is 3. The van der Waals surface area contributed by atoms with E-state index in [1.54, 1.807) is 31.5 Å². The van der Waals surface area contributed by atoms with Gasteiger partial charge in [0.25, 0.3) is 5.91 Å². The van der Waals surface area contributed by atoms with Crippen LogP contribution in [0.15, 0.2) is 24.5 Å². The zero-order valence-corrected chi connectivity index (χ0v) is 13.0. The summed E-state index contributed by atoms with van der Waals surface area (Å²) in [6.07, 6.45) is 4.72. The molecule has 22 heavy (non-hydrogen) atoms. The number of carbonyl (C=O) groups is 2. The number of anilines is 1. The Morgan fingerprint density at radius 1 is 1.23 bits per heavy atom. The van der Waals surface area contributed by atoms with Gasteiger partial charge in [-0.1, -0.05) is 0 Å². The largest absolute Gasteiger partial charge is 0.342 e. The molecule has 6 nitrogen and oxygen atoms in total. The van der Waals surface area contributed by atoms with Gasteiger partial charge in [-0.25, -0.2) is 4.98 Å². The van der Waals surface area contributed by atoms with Crippen molar-refractivity contribution in [3.8, 4) is 0 Å². The molecule has 114 valence electrons. The molecule has 0 aromatic carbocycles. The fraction of sp³-hybridized carbons (Fsp3) is 0.333. The number of rotatable bonds is 2. The van der Waals surface area contributed by atoms with Gasteiger partial charge in [0, 0.05) is 55.8 Å². The molecule has 0 saturated heterocycles. The first kappa shape index (κ1) is 14.6. The SMILES string of the molecule is CC(=O)N1CCc2nc(C(=O)Nc3ccncc3)sc2CC1. The Kier molecular flexibility index (Phi) is 4.15. The second-order valence-corrected chi connectivity index (χ2v) is 6.17. The molecule has 0 aliphatic carbocycles. The molecular weight excluding hydrogens is 300 g/mol. The lowest BCUT2D eigenvalue weighted by Gasteiger charge is -2.17. The maximum absolute atomic E-state index is 12.2. The summed E-state index contributed by atoms with van der Waals surface area (Å²) in [5.41, 5.74) is 1.64. The van der Waals surface area contributed by atoms with Gasteiger partial charge in [-0.2, -0.15) is 0 Å². The van der Waals surface area contributed by atoms with Crippen LogP contribution in [0.1, 0.15) is 27.3 Å². The summed E-state index contributed by atoms with van der Waals surface area (Å²) >= 11 is 1.41. The number of pyridine rings is 1. The molecule has 0 bridgehead atoms. The van der Waals surface area contributed by atoms with Gasteiger partial charge in [-0.15, -0.1) is 11.3 Å². The van der Waals surface area contributed by atoms with E-state index in [0.717, 1.165) is 17.0 Å². The first-order chi connectivity index (χ1) is 10.6. The van der Waals surface area contributed by atoms with Gasteiger partial charge in [0.1, 0.15) is 0 Å². The minimum Gasteiger partial charge on any atom is -0.342 e. The normalized spacial score (nSPS) is 14.1. The molecule has 2 aromatic heterocycles. The predicted molar refractivity (Wildman–Crippen MR) is 84.0 cm³/mol. The fourth-order valence-corrected chi connectivity index (χ4v) is 3.39. The minimum absolute atomic E-state index is 0.0887. The van der Waals surface area contributed by atoms with Crippen molar-refractivity contribution in [1.29, 1.82) is 0 Å². The lowest BCUT2D eigenvalue weighted by molar-refractivity contribution is -0.128. The van der Waals surface area contributed by atoms with Crippen LogP contribution in [0.25, 0.3) is 0 Å². The van der Waals surface area contributed by atoms with Crippen LogP contribution in [0.2, 0.25) is 0 Å². The van der Waals surface area contributed by atoms with Gasteiger partial charge in [-0.3, -0.25) is 14.6 Å². The van der Waals surface area contributed by atoms with Crippen LogP contribution in [-0.2, 0) is 17.6 Å². The van der Waals surface area contributed by atoms with Gasteiger partial charge >= 0.3 is 0 Å². The highest BCUT2D eigenvalue weighted by Gasteiger charge is 2.21. The molecule has 7 heteroatoms. The van der Waals surface area contributed by atoms with E-state index in [0.29, 0.717) is 30.2 Å². The quantitative estimate of drug-likeness (QED) is 0.915. The number of hydrogen-bond acceptors (Lipinski definition) is 5. The zero-order valence-electron chi connectivity index (χ0n) is 12.2. The molecule has 1 aliphatic heterocycles. The Bertz CT molecular complexity index is 673. The molecule has 0 fully saturated rings. The molecule has 3 heterocycles.